The largest absolute Gasteiger partial charge is 0.313 e. The van der Waals surface area contributed by atoms with Gasteiger partial charge in [0, 0.05) is 6.04 Å². The molecular formula is C17H29N. The fraction of sp³-hybridized carbons (Fsp3) is 0.647. The van der Waals surface area contributed by atoms with Crippen molar-refractivity contribution in [2.75, 3.05) is 7.05 Å². The van der Waals surface area contributed by atoms with Crippen LogP contribution in [0, 0.1) is 0 Å². The van der Waals surface area contributed by atoms with E-state index in [1.54, 1.807) is 0 Å². The molecule has 1 nitrogen and oxygen atoms in total. The van der Waals surface area contributed by atoms with E-state index in [1.165, 1.54) is 43.2 Å². The number of nitrogens with one attached hydrogen (secondary N) is 1. The van der Waals surface area contributed by atoms with Crippen LogP contribution in [0.3, 0.4) is 0 Å². The molecule has 2 unspecified atom stereocenters. The molecule has 0 aliphatic rings. The molecule has 1 rings (SSSR count). The average molecular weight is 247 g/mol. The summed E-state index contributed by atoms with van der Waals surface area (Å²) in [6, 6.07) is 9.72. The second-order valence-electron chi connectivity index (χ2n) is 5.31. The molecule has 2 atom stereocenters. The van der Waals surface area contributed by atoms with Crippen molar-refractivity contribution in [1.29, 1.82) is 0 Å². The fourth-order valence-electron chi connectivity index (χ4n) is 2.37. The van der Waals surface area contributed by atoms with Crippen LogP contribution >= 0.6 is 0 Å². The zero-order valence-corrected chi connectivity index (χ0v) is 12.5. The fourth-order valence-corrected chi connectivity index (χ4v) is 2.37. The summed E-state index contributed by atoms with van der Waals surface area (Å²) < 4.78 is 0. The average Bonchev–Trinajstić information content (AvgIpc) is 2.43. The van der Waals surface area contributed by atoms with E-state index < -0.39 is 0 Å². The summed E-state index contributed by atoms with van der Waals surface area (Å²) in [5, 5.41) is 3.44. The van der Waals surface area contributed by atoms with Gasteiger partial charge in [-0.05, 0) is 36.9 Å². The van der Waals surface area contributed by atoms with E-state index in [0.717, 1.165) is 0 Å². The summed E-state index contributed by atoms with van der Waals surface area (Å²) in [6.07, 6.45) is 6.40. The van der Waals surface area contributed by atoms with Crippen LogP contribution in [0.1, 0.15) is 76.0 Å². The van der Waals surface area contributed by atoms with Gasteiger partial charge < -0.3 is 5.32 Å². The lowest BCUT2D eigenvalue weighted by molar-refractivity contribution is 0.511. The predicted octanol–water partition coefficient (Wildman–Crippen LogP) is 5.04. The molecule has 1 heteroatoms. The van der Waals surface area contributed by atoms with E-state index in [4.69, 9.17) is 0 Å². The maximum absolute atomic E-state index is 3.44. The zero-order chi connectivity index (χ0) is 13.4. The minimum absolute atomic E-state index is 0.516. The van der Waals surface area contributed by atoms with Crippen molar-refractivity contribution < 1.29 is 0 Å². The molecule has 0 amide bonds. The van der Waals surface area contributed by atoms with Gasteiger partial charge in [-0.1, -0.05) is 64.3 Å². The maximum Gasteiger partial charge on any atom is 0.0317 e. The molecule has 0 fully saturated rings. The monoisotopic (exact) mass is 247 g/mol. The highest BCUT2D eigenvalue weighted by atomic mass is 14.9. The normalized spacial score (nSPS) is 14.4. The van der Waals surface area contributed by atoms with Crippen molar-refractivity contribution in [3.05, 3.63) is 35.4 Å². The van der Waals surface area contributed by atoms with Crippen molar-refractivity contribution >= 4 is 0 Å². The molecule has 0 aliphatic heterocycles. The molecule has 18 heavy (non-hydrogen) atoms. The summed E-state index contributed by atoms with van der Waals surface area (Å²) in [5.74, 6) is 0.673. The summed E-state index contributed by atoms with van der Waals surface area (Å²) in [4.78, 5) is 0. The van der Waals surface area contributed by atoms with Gasteiger partial charge in [0.05, 0.1) is 0 Å². The van der Waals surface area contributed by atoms with Crippen molar-refractivity contribution in [2.24, 2.45) is 0 Å². The highest BCUT2D eigenvalue weighted by molar-refractivity contribution is 5.27. The molecule has 0 spiro atoms. The van der Waals surface area contributed by atoms with Crippen LogP contribution in [-0.4, -0.2) is 7.05 Å². The van der Waals surface area contributed by atoms with Crippen LogP contribution in [0.2, 0.25) is 0 Å². The quantitative estimate of drug-likeness (QED) is 0.634. The molecule has 0 saturated heterocycles. The first-order valence-electron chi connectivity index (χ1n) is 7.50. The van der Waals surface area contributed by atoms with Crippen molar-refractivity contribution in [3.63, 3.8) is 0 Å². The molecule has 1 N–H and O–H groups in total. The van der Waals surface area contributed by atoms with E-state index in [1.807, 2.05) is 0 Å². The second kappa shape index (κ2) is 8.31. The molecule has 0 aromatic heterocycles. The Morgan fingerprint density at radius 1 is 1.00 bits per heavy atom. The Balaban J connectivity index is 2.63. The van der Waals surface area contributed by atoms with E-state index in [-0.39, 0.29) is 0 Å². The zero-order valence-electron chi connectivity index (χ0n) is 12.5. The first-order valence-corrected chi connectivity index (χ1v) is 7.50. The van der Waals surface area contributed by atoms with Crippen molar-refractivity contribution in [1.82, 2.24) is 5.32 Å². The number of unbranched alkanes of at least 4 members (excludes halogenated alkanes) is 2. The minimum Gasteiger partial charge on any atom is -0.313 e. The minimum atomic E-state index is 0.516. The maximum atomic E-state index is 3.44. The molecule has 0 aliphatic carbocycles. The Morgan fingerprint density at radius 2 is 1.61 bits per heavy atom. The van der Waals surface area contributed by atoms with Gasteiger partial charge in [0.1, 0.15) is 0 Å². The SMILES string of the molecule is CCCCCC(NC)c1ccc(C(C)CC)cc1. The van der Waals surface area contributed by atoms with Gasteiger partial charge in [0.15, 0.2) is 0 Å². The number of hydrogen-bond acceptors (Lipinski definition) is 1. The summed E-state index contributed by atoms with van der Waals surface area (Å²) in [5.41, 5.74) is 2.89. The van der Waals surface area contributed by atoms with E-state index in [9.17, 15) is 0 Å². The van der Waals surface area contributed by atoms with Gasteiger partial charge >= 0.3 is 0 Å². The summed E-state index contributed by atoms with van der Waals surface area (Å²) in [7, 11) is 2.07. The summed E-state index contributed by atoms with van der Waals surface area (Å²) >= 11 is 0. The van der Waals surface area contributed by atoms with E-state index >= 15 is 0 Å². The van der Waals surface area contributed by atoms with Crippen LogP contribution in [0.5, 0.6) is 0 Å². The van der Waals surface area contributed by atoms with Gasteiger partial charge in [-0.2, -0.15) is 0 Å². The first kappa shape index (κ1) is 15.2. The molecule has 1 aromatic rings. The molecule has 1 aromatic carbocycles. The van der Waals surface area contributed by atoms with Crippen LogP contribution in [0.25, 0.3) is 0 Å². The number of rotatable bonds is 8. The number of hydrogen-bond donors (Lipinski definition) is 1. The lowest BCUT2D eigenvalue weighted by Gasteiger charge is -2.18. The third-order valence-electron chi connectivity index (χ3n) is 3.97. The van der Waals surface area contributed by atoms with Crippen LogP contribution in [0.15, 0.2) is 24.3 Å². The van der Waals surface area contributed by atoms with Crippen LogP contribution < -0.4 is 5.32 Å². The lowest BCUT2D eigenvalue weighted by Crippen LogP contribution is -2.16. The Labute approximate surface area is 113 Å². The Hall–Kier alpha value is -0.820. The molecular weight excluding hydrogens is 218 g/mol. The van der Waals surface area contributed by atoms with Crippen LogP contribution in [-0.2, 0) is 0 Å². The van der Waals surface area contributed by atoms with Gasteiger partial charge in [-0.25, -0.2) is 0 Å². The van der Waals surface area contributed by atoms with Gasteiger partial charge in [-0.15, -0.1) is 0 Å². The topological polar surface area (TPSA) is 12.0 Å². The van der Waals surface area contributed by atoms with Crippen molar-refractivity contribution in [3.8, 4) is 0 Å². The van der Waals surface area contributed by atoms with Gasteiger partial charge in [0.25, 0.3) is 0 Å². The molecule has 102 valence electrons. The molecule has 0 saturated carbocycles. The first-order chi connectivity index (χ1) is 8.72. The van der Waals surface area contributed by atoms with E-state index in [2.05, 4.69) is 57.4 Å². The van der Waals surface area contributed by atoms with Crippen molar-refractivity contribution in [2.45, 2.75) is 64.8 Å². The lowest BCUT2D eigenvalue weighted by atomic mass is 9.94. The summed E-state index contributed by atoms with van der Waals surface area (Å²) in [6.45, 7) is 6.81. The third-order valence-corrected chi connectivity index (χ3v) is 3.97. The highest BCUT2D eigenvalue weighted by Crippen LogP contribution is 2.23. The van der Waals surface area contributed by atoms with Gasteiger partial charge in [0.2, 0.25) is 0 Å². The molecule has 0 heterocycles. The van der Waals surface area contributed by atoms with Crippen LogP contribution in [0.4, 0.5) is 0 Å². The molecule has 0 radical (unpaired) electrons. The Kier molecular flexibility index (Phi) is 7.04. The molecule has 0 bridgehead atoms. The van der Waals surface area contributed by atoms with E-state index in [0.29, 0.717) is 12.0 Å². The van der Waals surface area contributed by atoms with Gasteiger partial charge in [-0.3, -0.25) is 0 Å². The Bertz CT molecular complexity index is 315. The smallest absolute Gasteiger partial charge is 0.0317 e. The highest BCUT2D eigenvalue weighted by Gasteiger charge is 2.09. The standard InChI is InChI=1S/C17H29N/c1-5-7-8-9-17(18-4)16-12-10-15(11-13-16)14(3)6-2/h10-14,17-18H,5-9H2,1-4H3. The second-order valence-corrected chi connectivity index (χ2v) is 5.31. The third kappa shape index (κ3) is 4.45. The predicted molar refractivity (Wildman–Crippen MR) is 81.1 cm³/mol. The number of benzene rings is 1. The Morgan fingerprint density at radius 3 is 2.11 bits per heavy atom.